The smallest absolute Gasteiger partial charge is 0.125 e. The van der Waals surface area contributed by atoms with E-state index in [0.29, 0.717) is 11.7 Å². The summed E-state index contributed by atoms with van der Waals surface area (Å²) in [6, 6.07) is 5.01. The highest BCUT2D eigenvalue weighted by molar-refractivity contribution is 5.66. The number of nitrogen functional groups attached to an aromatic ring is 1. The Kier molecular flexibility index (Phi) is 2.80. The summed E-state index contributed by atoms with van der Waals surface area (Å²) in [7, 11) is 0. The molecule has 0 saturated heterocycles. The molecule has 0 aromatic heterocycles. The summed E-state index contributed by atoms with van der Waals surface area (Å²) in [4.78, 5) is 0. The third kappa shape index (κ3) is 2.41. The summed E-state index contributed by atoms with van der Waals surface area (Å²) >= 11 is 0. The predicted octanol–water partition coefficient (Wildman–Crippen LogP) is 3.01. The van der Waals surface area contributed by atoms with Crippen molar-refractivity contribution < 1.29 is 4.39 Å². The summed E-state index contributed by atoms with van der Waals surface area (Å²) in [6.07, 6.45) is 3.62. The molecule has 2 nitrogen and oxygen atoms in total. The molecule has 0 radical (unpaired) electrons. The SMILES string of the molecule is CC1CCC(Nc2ccc(F)cc2N)C1. The number of rotatable bonds is 2. The average Bonchev–Trinajstić information content (AvgIpc) is 2.56. The number of hydrogen-bond donors (Lipinski definition) is 2. The molecular formula is C12H17FN2. The van der Waals surface area contributed by atoms with Crippen LogP contribution in [0.1, 0.15) is 26.2 Å². The molecular weight excluding hydrogens is 191 g/mol. The van der Waals surface area contributed by atoms with E-state index in [1.54, 1.807) is 6.07 Å². The van der Waals surface area contributed by atoms with Gasteiger partial charge in [0.1, 0.15) is 5.82 Å². The van der Waals surface area contributed by atoms with Gasteiger partial charge in [-0.15, -0.1) is 0 Å². The third-order valence-corrected chi connectivity index (χ3v) is 3.07. The van der Waals surface area contributed by atoms with Crippen molar-refractivity contribution in [2.75, 3.05) is 11.1 Å². The number of nitrogens with one attached hydrogen (secondary N) is 1. The summed E-state index contributed by atoms with van der Waals surface area (Å²) in [5, 5.41) is 3.38. The minimum Gasteiger partial charge on any atom is -0.397 e. The summed E-state index contributed by atoms with van der Waals surface area (Å²) < 4.78 is 12.8. The lowest BCUT2D eigenvalue weighted by Crippen LogP contribution is -2.16. The van der Waals surface area contributed by atoms with Crippen molar-refractivity contribution in [1.82, 2.24) is 0 Å². The van der Waals surface area contributed by atoms with Crippen LogP contribution in [-0.2, 0) is 0 Å². The first-order chi connectivity index (χ1) is 7.15. The Morgan fingerprint density at radius 3 is 2.80 bits per heavy atom. The molecule has 1 fully saturated rings. The van der Waals surface area contributed by atoms with Crippen LogP contribution in [0.2, 0.25) is 0 Å². The van der Waals surface area contributed by atoms with Crippen molar-refractivity contribution >= 4 is 11.4 Å². The van der Waals surface area contributed by atoms with Gasteiger partial charge < -0.3 is 11.1 Å². The van der Waals surface area contributed by atoms with Gasteiger partial charge >= 0.3 is 0 Å². The van der Waals surface area contributed by atoms with Crippen molar-refractivity contribution in [3.8, 4) is 0 Å². The Balaban J connectivity index is 2.04. The highest BCUT2D eigenvalue weighted by Crippen LogP contribution is 2.29. The molecule has 0 heterocycles. The molecule has 0 aliphatic heterocycles. The lowest BCUT2D eigenvalue weighted by Gasteiger charge is -2.15. The summed E-state index contributed by atoms with van der Waals surface area (Å²) in [5.74, 6) is 0.502. The van der Waals surface area contributed by atoms with Crippen LogP contribution < -0.4 is 11.1 Å². The maximum Gasteiger partial charge on any atom is 0.125 e. The van der Waals surface area contributed by atoms with E-state index in [1.165, 1.54) is 31.4 Å². The Morgan fingerprint density at radius 2 is 2.20 bits per heavy atom. The van der Waals surface area contributed by atoms with Crippen LogP contribution in [0, 0.1) is 11.7 Å². The molecule has 3 heteroatoms. The van der Waals surface area contributed by atoms with Crippen molar-refractivity contribution in [1.29, 1.82) is 0 Å². The van der Waals surface area contributed by atoms with Gasteiger partial charge in [-0.05, 0) is 43.4 Å². The molecule has 0 amide bonds. The predicted molar refractivity (Wildman–Crippen MR) is 61.2 cm³/mol. The van der Waals surface area contributed by atoms with E-state index in [1.807, 2.05) is 0 Å². The summed E-state index contributed by atoms with van der Waals surface area (Å²) in [5.41, 5.74) is 7.08. The van der Waals surface area contributed by atoms with Crippen LogP contribution in [0.5, 0.6) is 0 Å². The minimum absolute atomic E-state index is 0.280. The fraction of sp³-hybridized carbons (Fsp3) is 0.500. The molecule has 1 aromatic rings. The zero-order valence-electron chi connectivity index (χ0n) is 8.96. The number of nitrogens with two attached hydrogens (primary N) is 1. The molecule has 0 spiro atoms. The fourth-order valence-electron chi connectivity index (χ4n) is 2.22. The van der Waals surface area contributed by atoms with E-state index < -0.39 is 0 Å². The second-order valence-corrected chi connectivity index (χ2v) is 4.49. The molecule has 2 atom stereocenters. The van der Waals surface area contributed by atoms with Crippen molar-refractivity contribution in [3.63, 3.8) is 0 Å². The van der Waals surface area contributed by atoms with Gasteiger partial charge in [0.05, 0.1) is 11.4 Å². The molecule has 1 saturated carbocycles. The normalized spacial score (nSPS) is 25.5. The molecule has 15 heavy (non-hydrogen) atoms. The number of benzene rings is 1. The Hall–Kier alpha value is -1.25. The maximum atomic E-state index is 12.8. The largest absolute Gasteiger partial charge is 0.397 e. The van der Waals surface area contributed by atoms with E-state index in [4.69, 9.17) is 5.73 Å². The first-order valence-corrected chi connectivity index (χ1v) is 5.46. The van der Waals surface area contributed by atoms with Gasteiger partial charge in [-0.3, -0.25) is 0 Å². The molecule has 1 aliphatic carbocycles. The Labute approximate surface area is 89.7 Å². The Bertz CT molecular complexity index is 351. The molecule has 82 valence electrons. The standard InChI is InChI=1S/C12H17FN2/c1-8-2-4-10(6-8)15-12-5-3-9(13)7-11(12)14/h3,5,7-8,10,15H,2,4,6,14H2,1H3. The van der Waals surface area contributed by atoms with E-state index in [9.17, 15) is 4.39 Å². The topological polar surface area (TPSA) is 38.0 Å². The van der Waals surface area contributed by atoms with Gasteiger partial charge in [0.2, 0.25) is 0 Å². The second kappa shape index (κ2) is 4.09. The quantitative estimate of drug-likeness (QED) is 0.733. The monoisotopic (exact) mass is 208 g/mol. The zero-order valence-corrected chi connectivity index (χ0v) is 8.96. The molecule has 2 rings (SSSR count). The van der Waals surface area contributed by atoms with Crippen LogP contribution in [-0.4, -0.2) is 6.04 Å². The number of hydrogen-bond acceptors (Lipinski definition) is 2. The van der Waals surface area contributed by atoms with Gasteiger partial charge in [-0.25, -0.2) is 4.39 Å². The van der Waals surface area contributed by atoms with E-state index in [0.717, 1.165) is 11.6 Å². The van der Waals surface area contributed by atoms with Gasteiger partial charge in [0.25, 0.3) is 0 Å². The first kappa shape index (κ1) is 10.3. The lowest BCUT2D eigenvalue weighted by molar-refractivity contribution is 0.602. The second-order valence-electron chi connectivity index (χ2n) is 4.49. The molecule has 1 aliphatic rings. The lowest BCUT2D eigenvalue weighted by atomic mass is 10.1. The minimum atomic E-state index is -0.280. The molecule has 1 aromatic carbocycles. The van der Waals surface area contributed by atoms with Gasteiger partial charge in [-0.1, -0.05) is 6.92 Å². The van der Waals surface area contributed by atoms with Gasteiger partial charge in [0, 0.05) is 6.04 Å². The van der Waals surface area contributed by atoms with Gasteiger partial charge in [0.15, 0.2) is 0 Å². The molecule has 3 N–H and O–H groups in total. The molecule has 2 unspecified atom stereocenters. The average molecular weight is 208 g/mol. The first-order valence-electron chi connectivity index (χ1n) is 5.46. The van der Waals surface area contributed by atoms with E-state index in [2.05, 4.69) is 12.2 Å². The molecule has 0 bridgehead atoms. The van der Waals surface area contributed by atoms with E-state index in [-0.39, 0.29) is 5.82 Å². The van der Waals surface area contributed by atoms with Crippen LogP contribution in [0.25, 0.3) is 0 Å². The highest BCUT2D eigenvalue weighted by atomic mass is 19.1. The maximum absolute atomic E-state index is 12.8. The van der Waals surface area contributed by atoms with Crippen molar-refractivity contribution in [2.24, 2.45) is 5.92 Å². The fourth-order valence-corrected chi connectivity index (χ4v) is 2.22. The van der Waals surface area contributed by atoms with Crippen LogP contribution >= 0.6 is 0 Å². The van der Waals surface area contributed by atoms with E-state index >= 15 is 0 Å². The van der Waals surface area contributed by atoms with Crippen LogP contribution in [0.4, 0.5) is 15.8 Å². The highest BCUT2D eigenvalue weighted by Gasteiger charge is 2.21. The van der Waals surface area contributed by atoms with Crippen molar-refractivity contribution in [3.05, 3.63) is 24.0 Å². The Morgan fingerprint density at radius 1 is 1.40 bits per heavy atom. The summed E-state index contributed by atoms with van der Waals surface area (Å²) in [6.45, 7) is 2.26. The van der Waals surface area contributed by atoms with Crippen LogP contribution in [0.15, 0.2) is 18.2 Å². The zero-order chi connectivity index (χ0) is 10.8. The van der Waals surface area contributed by atoms with Crippen LogP contribution in [0.3, 0.4) is 0 Å². The van der Waals surface area contributed by atoms with Gasteiger partial charge in [-0.2, -0.15) is 0 Å². The third-order valence-electron chi connectivity index (χ3n) is 3.07. The number of halogens is 1. The van der Waals surface area contributed by atoms with Crippen molar-refractivity contribution in [2.45, 2.75) is 32.2 Å². The number of anilines is 2.